The highest BCUT2D eigenvalue weighted by Crippen LogP contribution is 2.37. The minimum Gasteiger partial charge on any atom is -0.495 e. The van der Waals surface area contributed by atoms with Crippen LogP contribution in [0.5, 0.6) is 5.75 Å². The molecule has 25 heavy (non-hydrogen) atoms. The monoisotopic (exact) mass is 348 g/mol. The van der Waals surface area contributed by atoms with Gasteiger partial charge in [0.2, 0.25) is 0 Å². The van der Waals surface area contributed by atoms with Gasteiger partial charge in [-0.25, -0.2) is 0 Å². The first kappa shape index (κ1) is 17.7. The van der Waals surface area contributed by atoms with E-state index in [2.05, 4.69) is 10.6 Å². The number of nitrogens with one attached hydrogen (secondary N) is 2. The molecule has 1 heterocycles. The third-order valence-electron chi connectivity index (χ3n) is 4.58. The Kier molecular flexibility index (Phi) is 5.55. The van der Waals surface area contributed by atoms with E-state index in [9.17, 15) is 9.59 Å². The second-order valence-corrected chi connectivity index (χ2v) is 6.39. The Morgan fingerprint density at radius 2 is 1.96 bits per heavy atom. The molecule has 1 aromatic carbocycles. The summed E-state index contributed by atoms with van der Waals surface area (Å²) in [4.78, 5) is 24.0. The van der Waals surface area contributed by atoms with Crippen molar-refractivity contribution in [1.29, 1.82) is 0 Å². The summed E-state index contributed by atoms with van der Waals surface area (Å²) in [6, 6.07) is 6.92. The Morgan fingerprint density at radius 3 is 2.72 bits per heavy atom. The van der Waals surface area contributed by atoms with Crippen molar-refractivity contribution in [2.24, 2.45) is 0 Å². The van der Waals surface area contributed by atoms with Gasteiger partial charge in [-0.15, -0.1) is 0 Å². The van der Waals surface area contributed by atoms with Crippen LogP contribution in [-0.2, 0) is 19.1 Å². The van der Waals surface area contributed by atoms with Gasteiger partial charge in [0.15, 0.2) is 5.79 Å². The molecule has 1 aliphatic carbocycles. The van der Waals surface area contributed by atoms with Crippen molar-refractivity contribution >= 4 is 17.5 Å². The lowest BCUT2D eigenvalue weighted by molar-refractivity contribution is -0.186. The van der Waals surface area contributed by atoms with Gasteiger partial charge in [-0.1, -0.05) is 18.6 Å². The van der Waals surface area contributed by atoms with E-state index >= 15 is 0 Å². The predicted molar refractivity (Wildman–Crippen MR) is 91.3 cm³/mol. The lowest BCUT2D eigenvalue weighted by Crippen LogP contribution is -2.41. The summed E-state index contributed by atoms with van der Waals surface area (Å²) in [5, 5.41) is 5.15. The second kappa shape index (κ2) is 7.84. The van der Waals surface area contributed by atoms with Gasteiger partial charge in [0, 0.05) is 19.4 Å². The van der Waals surface area contributed by atoms with E-state index in [1.54, 1.807) is 24.3 Å². The predicted octanol–water partition coefficient (Wildman–Crippen LogP) is 1.83. The van der Waals surface area contributed by atoms with Gasteiger partial charge in [0.25, 0.3) is 0 Å². The van der Waals surface area contributed by atoms with Crippen molar-refractivity contribution < 1.29 is 23.8 Å². The summed E-state index contributed by atoms with van der Waals surface area (Å²) in [5.41, 5.74) is 0.451. The number of methoxy groups -OCH3 is 1. The molecule has 7 nitrogen and oxygen atoms in total. The molecule has 1 atom stereocenters. The fourth-order valence-corrected chi connectivity index (χ4v) is 3.28. The summed E-state index contributed by atoms with van der Waals surface area (Å²) in [6.45, 7) is 0.689. The molecule has 1 spiro atoms. The Bertz CT molecular complexity index is 628. The number of hydrogen-bond acceptors (Lipinski definition) is 5. The summed E-state index contributed by atoms with van der Waals surface area (Å²) in [6.07, 6.45) is 4.97. The maximum atomic E-state index is 12.0. The summed E-state index contributed by atoms with van der Waals surface area (Å²) >= 11 is 0. The molecule has 1 saturated carbocycles. The Labute approximate surface area is 147 Å². The van der Waals surface area contributed by atoms with E-state index in [1.165, 1.54) is 13.5 Å². The molecule has 1 aliphatic heterocycles. The molecule has 0 unspecified atom stereocenters. The van der Waals surface area contributed by atoms with Crippen LogP contribution in [-0.4, -0.2) is 44.0 Å². The lowest BCUT2D eigenvalue weighted by Gasteiger charge is -2.31. The first-order valence-electron chi connectivity index (χ1n) is 8.66. The van der Waals surface area contributed by atoms with Crippen LogP contribution in [0.2, 0.25) is 0 Å². The van der Waals surface area contributed by atoms with Gasteiger partial charge in [0.1, 0.15) is 11.9 Å². The number of ether oxygens (including phenoxy) is 3. The first-order chi connectivity index (χ1) is 12.1. The van der Waals surface area contributed by atoms with Gasteiger partial charge in [0.05, 0.1) is 19.4 Å². The topological polar surface area (TPSA) is 85.9 Å². The van der Waals surface area contributed by atoms with Crippen molar-refractivity contribution in [3.8, 4) is 5.75 Å². The number of carbonyl (C=O) groups is 2. The van der Waals surface area contributed by atoms with E-state index in [4.69, 9.17) is 14.2 Å². The van der Waals surface area contributed by atoms with Gasteiger partial charge in [-0.3, -0.25) is 9.59 Å². The van der Waals surface area contributed by atoms with E-state index in [-0.39, 0.29) is 12.6 Å². The SMILES string of the molecule is COc1ccccc1NC(=O)C(=O)NC[C@@H]1COC2(CCCCC2)O1. The van der Waals surface area contributed by atoms with Crippen molar-refractivity contribution in [1.82, 2.24) is 5.32 Å². The average molecular weight is 348 g/mol. The standard InChI is InChI=1S/C18H24N2O5/c1-23-15-8-4-3-7-14(15)20-17(22)16(21)19-11-13-12-24-18(25-13)9-5-2-6-10-18/h3-4,7-8,13H,2,5-6,9-12H2,1H3,(H,19,21)(H,20,22)/t13-/m1/s1. The molecule has 0 aromatic heterocycles. The number of carbonyl (C=O) groups excluding carboxylic acids is 2. The van der Waals surface area contributed by atoms with Crippen molar-refractivity contribution in [3.63, 3.8) is 0 Å². The van der Waals surface area contributed by atoms with Crippen molar-refractivity contribution in [3.05, 3.63) is 24.3 Å². The molecule has 7 heteroatoms. The Morgan fingerprint density at radius 1 is 1.20 bits per heavy atom. The van der Waals surface area contributed by atoms with Gasteiger partial charge in [-0.2, -0.15) is 0 Å². The summed E-state index contributed by atoms with van der Waals surface area (Å²) in [7, 11) is 1.50. The number of rotatable bonds is 4. The maximum Gasteiger partial charge on any atom is 0.313 e. The fourth-order valence-electron chi connectivity index (χ4n) is 3.28. The Balaban J connectivity index is 1.47. The molecule has 2 N–H and O–H groups in total. The van der Waals surface area contributed by atoms with E-state index in [0.29, 0.717) is 18.0 Å². The van der Waals surface area contributed by atoms with Crippen molar-refractivity contribution in [2.45, 2.75) is 44.0 Å². The largest absolute Gasteiger partial charge is 0.495 e. The molecule has 2 fully saturated rings. The highest BCUT2D eigenvalue weighted by Gasteiger charge is 2.42. The first-order valence-corrected chi connectivity index (χ1v) is 8.66. The Hall–Kier alpha value is -2.12. The highest BCUT2D eigenvalue weighted by molar-refractivity contribution is 6.39. The molecule has 1 saturated heterocycles. The lowest BCUT2D eigenvalue weighted by atomic mass is 9.94. The molecule has 136 valence electrons. The number of amides is 2. The fraction of sp³-hybridized carbons (Fsp3) is 0.556. The molecule has 0 radical (unpaired) electrons. The number of anilines is 1. The van der Waals surface area contributed by atoms with Crippen LogP contribution in [0.4, 0.5) is 5.69 Å². The molecule has 0 bridgehead atoms. The van der Waals surface area contributed by atoms with E-state index in [0.717, 1.165) is 25.7 Å². The third kappa shape index (κ3) is 4.29. The number of hydrogen-bond donors (Lipinski definition) is 2. The molecule has 2 aliphatic rings. The summed E-state index contributed by atoms with van der Waals surface area (Å²) < 4.78 is 17.0. The highest BCUT2D eigenvalue weighted by atomic mass is 16.7. The minimum atomic E-state index is -0.740. The van der Waals surface area contributed by atoms with Crippen LogP contribution in [0.3, 0.4) is 0 Å². The van der Waals surface area contributed by atoms with E-state index in [1.807, 2.05) is 0 Å². The van der Waals surface area contributed by atoms with Crippen LogP contribution in [0.15, 0.2) is 24.3 Å². The second-order valence-electron chi connectivity index (χ2n) is 6.39. The van der Waals surface area contributed by atoms with Crippen molar-refractivity contribution in [2.75, 3.05) is 25.6 Å². The maximum absolute atomic E-state index is 12.0. The number of para-hydroxylation sites is 2. The zero-order chi connectivity index (χ0) is 17.7. The van der Waals surface area contributed by atoms with Crippen LogP contribution in [0.1, 0.15) is 32.1 Å². The van der Waals surface area contributed by atoms with Crippen LogP contribution >= 0.6 is 0 Å². The normalized spacial score (nSPS) is 21.7. The molecular weight excluding hydrogens is 324 g/mol. The molecule has 1 aromatic rings. The zero-order valence-electron chi connectivity index (χ0n) is 14.4. The van der Waals surface area contributed by atoms with E-state index < -0.39 is 17.6 Å². The average Bonchev–Trinajstić information content (AvgIpc) is 3.03. The zero-order valence-corrected chi connectivity index (χ0v) is 14.4. The van der Waals surface area contributed by atoms with Gasteiger partial charge < -0.3 is 24.8 Å². The molecular formula is C18H24N2O5. The summed E-state index contributed by atoms with van der Waals surface area (Å²) in [5.74, 6) is -1.43. The quantitative estimate of drug-likeness (QED) is 0.811. The molecule has 3 rings (SSSR count). The van der Waals surface area contributed by atoms with Gasteiger partial charge in [-0.05, 0) is 25.0 Å². The van der Waals surface area contributed by atoms with Crippen LogP contribution in [0.25, 0.3) is 0 Å². The smallest absolute Gasteiger partial charge is 0.313 e. The van der Waals surface area contributed by atoms with Gasteiger partial charge >= 0.3 is 11.8 Å². The third-order valence-corrected chi connectivity index (χ3v) is 4.58. The van der Waals surface area contributed by atoms with Crippen LogP contribution < -0.4 is 15.4 Å². The molecule has 2 amide bonds. The number of benzene rings is 1. The van der Waals surface area contributed by atoms with Crippen LogP contribution in [0, 0.1) is 0 Å². The minimum absolute atomic E-state index is 0.221.